The van der Waals surface area contributed by atoms with Crippen LogP contribution in [0, 0.1) is 0 Å². The number of benzene rings is 1. The van der Waals surface area contributed by atoms with Crippen molar-refractivity contribution in [2.45, 2.75) is 44.1 Å². The Balaban J connectivity index is 0.00000225. The minimum absolute atomic E-state index is 0. The Kier molecular flexibility index (Phi) is 6.62. The second-order valence-electron chi connectivity index (χ2n) is 6.74. The number of aromatic nitrogens is 1. The molecule has 136 valence electrons. The fourth-order valence-electron chi connectivity index (χ4n) is 2.83. The summed E-state index contributed by atoms with van der Waals surface area (Å²) < 4.78 is 5.41. The molecule has 1 saturated carbocycles. The smallest absolute Gasteiger partial charge is 0.242 e. The number of halogens is 1. The number of nitrogens with two attached hydrogens (primary N) is 1. The maximum Gasteiger partial charge on any atom is 0.242 e. The summed E-state index contributed by atoms with van der Waals surface area (Å²) in [5.41, 5.74) is 7.34. The zero-order valence-electron chi connectivity index (χ0n) is 14.6. The van der Waals surface area contributed by atoms with Crippen molar-refractivity contribution >= 4 is 18.3 Å². The highest BCUT2D eigenvalue weighted by molar-refractivity contribution is 5.88. The third-order valence-electron chi connectivity index (χ3n) is 4.61. The molecule has 1 fully saturated rings. The van der Waals surface area contributed by atoms with E-state index in [1.165, 1.54) is 0 Å². The standard InChI is InChI=1S/C19H25N3O2.ClH/c1-22(18(23)19(20)11-12-19)13-7-3-6-10-16-14-17(21-24-16)15-8-4-2-5-9-15;/h2,4-5,8-9,14H,3,6-7,10-13,20H2,1H3;1H. The van der Waals surface area contributed by atoms with E-state index in [4.69, 9.17) is 10.3 Å². The van der Waals surface area contributed by atoms with Crippen LogP contribution in [0.1, 0.15) is 37.9 Å². The van der Waals surface area contributed by atoms with Crippen molar-refractivity contribution in [1.29, 1.82) is 0 Å². The van der Waals surface area contributed by atoms with Gasteiger partial charge in [-0.05, 0) is 25.7 Å². The van der Waals surface area contributed by atoms with Gasteiger partial charge in [-0.15, -0.1) is 12.4 Å². The minimum atomic E-state index is -0.553. The highest BCUT2D eigenvalue weighted by Gasteiger charge is 2.47. The monoisotopic (exact) mass is 363 g/mol. The highest BCUT2D eigenvalue weighted by Crippen LogP contribution is 2.33. The molecule has 0 atom stereocenters. The summed E-state index contributed by atoms with van der Waals surface area (Å²) >= 11 is 0. The van der Waals surface area contributed by atoms with Gasteiger partial charge in [0, 0.05) is 31.6 Å². The first kappa shape index (κ1) is 19.5. The Labute approximate surface area is 155 Å². The SMILES string of the molecule is CN(CCCCCc1cc(-c2ccccc2)no1)C(=O)C1(N)CC1.Cl. The average molecular weight is 364 g/mol. The van der Waals surface area contributed by atoms with Gasteiger partial charge < -0.3 is 15.2 Å². The van der Waals surface area contributed by atoms with Crippen LogP contribution in [-0.4, -0.2) is 35.1 Å². The second kappa shape index (κ2) is 8.50. The molecule has 0 spiro atoms. The third kappa shape index (κ3) is 5.06. The third-order valence-corrected chi connectivity index (χ3v) is 4.61. The molecule has 1 heterocycles. The quantitative estimate of drug-likeness (QED) is 0.729. The van der Waals surface area contributed by atoms with Gasteiger partial charge in [-0.2, -0.15) is 0 Å². The van der Waals surface area contributed by atoms with Crippen LogP contribution in [0.15, 0.2) is 40.9 Å². The molecule has 0 radical (unpaired) electrons. The molecule has 1 aromatic carbocycles. The van der Waals surface area contributed by atoms with Gasteiger partial charge in [-0.3, -0.25) is 4.79 Å². The molecule has 2 aromatic rings. The average Bonchev–Trinajstić information content (AvgIpc) is 3.18. The molecule has 1 aromatic heterocycles. The van der Waals surface area contributed by atoms with E-state index in [1.54, 1.807) is 4.90 Å². The zero-order valence-corrected chi connectivity index (χ0v) is 15.4. The fourth-order valence-corrected chi connectivity index (χ4v) is 2.83. The van der Waals surface area contributed by atoms with Gasteiger partial charge in [0.25, 0.3) is 0 Å². The molecular weight excluding hydrogens is 338 g/mol. The largest absolute Gasteiger partial charge is 0.361 e. The number of amides is 1. The fraction of sp³-hybridized carbons (Fsp3) is 0.474. The summed E-state index contributed by atoms with van der Waals surface area (Å²) in [6, 6.07) is 12.0. The van der Waals surface area contributed by atoms with Crippen molar-refractivity contribution in [2.24, 2.45) is 5.73 Å². The maximum absolute atomic E-state index is 12.0. The molecule has 2 N–H and O–H groups in total. The molecule has 25 heavy (non-hydrogen) atoms. The van der Waals surface area contributed by atoms with E-state index in [-0.39, 0.29) is 18.3 Å². The molecule has 3 rings (SSSR count). The number of hydrogen-bond acceptors (Lipinski definition) is 4. The molecule has 0 aliphatic heterocycles. The van der Waals surface area contributed by atoms with E-state index in [2.05, 4.69) is 5.16 Å². The van der Waals surface area contributed by atoms with Crippen LogP contribution < -0.4 is 5.73 Å². The normalized spacial score (nSPS) is 14.6. The number of rotatable bonds is 8. The van der Waals surface area contributed by atoms with Crippen molar-refractivity contribution in [1.82, 2.24) is 10.1 Å². The first-order valence-electron chi connectivity index (χ1n) is 8.64. The molecule has 1 aliphatic rings. The van der Waals surface area contributed by atoms with Crippen LogP contribution in [0.25, 0.3) is 11.3 Å². The number of nitrogens with zero attached hydrogens (tertiary/aromatic N) is 2. The van der Waals surface area contributed by atoms with Gasteiger partial charge in [0.15, 0.2) is 0 Å². The highest BCUT2D eigenvalue weighted by atomic mass is 35.5. The van der Waals surface area contributed by atoms with Gasteiger partial charge in [0.2, 0.25) is 5.91 Å². The Bertz CT molecular complexity index is 683. The summed E-state index contributed by atoms with van der Waals surface area (Å²) in [5, 5.41) is 4.13. The number of aryl methyl sites for hydroxylation is 1. The summed E-state index contributed by atoms with van der Waals surface area (Å²) in [6.45, 7) is 0.767. The van der Waals surface area contributed by atoms with Crippen molar-refractivity contribution < 1.29 is 9.32 Å². The number of unbranched alkanes of at least 4 members (excludes halogenated alkanes) is 2. The van der Waals surface area contributed by atoms with Gasteiger partial charge in [-0.25, -0.2) is 0 Å². The molecule has 0 bridgehead atoms. The van der Waals surface area contributed by atoms with Crippen LogP contribution >= 0.6 is 12.4 Å². The lowest BCUT2D eigenvalue weighted by molar-refractivity contribution is -0.132. The summed E-state index contributed by atoms with van der Waals surface area (Å²) in [4.78, 5) is 13.8. The number of carbonyl (C=O) groups is 1. The van der Waals surface area contributed by atoms with Gasteiger partial charge >= 0.3 is 0 Å². The second-order valence-corrected chi connectivity index (χ2v) is 6.74. The predicted molar refractivity (Wildman–Crippen MR) is 101 cm³/mol. The van der Waals surface area contributed by atoms with Crippen LogP contribution in [0.4, 0.5) is 0 Å². The zero-order chi connectivity index (χ0) is 17.0. The molecule has 1 aliphatic carbocycles. The Morgan fingerprint density at radius 2 is 1.96 bits per heavy atom. The van der Waals surface area contributed by atoms with E-state index < -0.39 is 5.54 Å². The lowest BCUT2D eigenvalue weighted by Gasteiger charge is -2.20. The predicted octanol–water partition coefficient (Wildman–Crippen LogP) is 3.43. The van der Waals surface area contributed by atoms with E-state index in [0.29, 0.717) is 0 Å². The maximum atomic E-state index is 12.0. The van der Waals surface area contributed by atoms with Crippen molar-refractivity contribution in [2.75, 3.05) is 13.6 Å². The Morgan fingerprint density at radius 3 is 2.64 bits per heavy atom. The summed E-state index contributed by atoms with van der Waals surface area (Å²) in [6.07, 6.45) is 5.59. The molecule has 1 amide bonds. The summed E-state index contributed by atoms with van der Waals surface area (Å²) in [7, 11) is 1.85. The van der Waals surface area contributed by atoms with E-state index >= 15 is 0 Å². The van der Waals surface area contributed by atoms with Gasteiger partial charge in [0.1, 0.15) is 11.5 Å². The lowest BCUT2D eigenvalue weighted by Crippen LogP contribution is -2.44. The van der Waals surface area contributed by atoms with Crippen LogP contribution in [0.2, 0.25) is 0 Å². The first-order chi connectivity index (χ1) is 11.6. The topological polar surface area (TPSA) is 72.4 Å². The molecular formula is C19H26ClN3O2. The van der Waals surface area contributed by atoms with Gasteiger partial charge in [0.05, 0.1) is 5.54 Å². The molecule has 0 saturated heterocycles. The van der Waals surface area contributed by atoms with E-state index in [0.717, 1.165) is 62.1 Å². The number of likely N-dealkylation sites (N-methyl/N-ethyl adjacent to an activating group) is 1. The van der Waals surface area contributed by atoms with E-state index in [1.807, 2.05) is 43.4 Å². The van der Waals surface area contributed by atoms with Crippen molar-refractivity contribution in [3.05, 3.63) is 42.2 Å². The van der Waals surface area contributed by atoms with Crippen LogP contribution in [-0.2, 0) is 11.2 Å². The van der Waals surface area contributed by atoms with Gasteiger partial charge in [-0.1, -0.05) is 41.9 Å². The Morgan fingerprint density at radius 1 is 1.24 bits per heavy atom. The first-order valence-corrected chi connectivity index (χ1v) is 8.64. The number of hydrogen-bond donors (Lipinski definition) is 1. The molecule has 6 heteroatoms. The summed E-state index contributed by atoms with van der Waals surface area (Å²) in [5.74, 6) is 1.00. The van der Waals surface area contributed by atoms with E-state index in [9.17, 15) is 4.79 Å². The lowest BCUT2D eigenvalue weighted by atomic mass is 10.1. The molecule has 0 unspecified atom stereocenters. The van der Waals surface area contributed by atoms with Crippen molar-refractivity contribution in [3.63, 3.8) is 0 Å². The molecule has 5 nitrogen and oxygen atoms in total. The minimum Gasteiger partial charge on any atom is -0.361 e. The van der Waals surface area contributed by atoms with Crippen molar-refractivity contribution in [3.8, 4) is 11.3 Å². The Hall–Kier alpha value is -1.85. The van der Waals surface area contributed by atoms with Crippen LogP contribution in [0.5, 0.6) is 0 Å². The van der Waals surface area contributed by atoms with Crippen LogP contribution in [0.3, 0.4) is 0 Å². The number of carbonyl (C=O) groups excluding carboxylic acids is 1.